The molecular formula is C11H14N4O2S. The maximum absolute atomic E-state index is 11.8. The Hall–Kier alpha value is -1.50. The summed E-state index contributed by atoms with van der Waals surface area (Å²) in [5, 5.41) is 13.5. The normalized spacial score (nSPS) is 17.3. The van der Waals surface area contributed by atoms with Gasteiger partial charge in [-0.1, -0.05) is 25.2 Å². The van der Waals surface area contributed by atoms with Crippen LogP contribution in [0.2, 0.25) is 0 Å². The Morgan fingerprint density at radius 3 is 2.72 bits per heavy atom. The number of rotatable bonds is 3. The van der Waals surface area contributed by atoms with Gasteiger partial charge in [0, 0.05) is 5.92 Å². The highest BCUT2D eigenvalue weighted by Crippen LogP contribution is 2.50. The monoisotopic (exact) mass is 266 g/mol. The molecule has 2 aromatic rings. The standard InChI is InChI=1S/C11H14N4O2S/c1-6(2)7-12-13-10-15(7)14-8(18-10)11(4-5-11)9(16)17-3/h6H,4-5H2,1-3H3. The third-order valence-electron chi connectivity index (χ3n) is 3.27. The van der Waals surface area contributed by atoms with Crippen LogP contribution in [0.15, 0.2) is 0 Å². The van der Waals surface area contributed by atoms with Crippen molar-refractivity contribution in [1.29, 1.82) is 0 Å². The molecule has 1 aliphatic rings. The Morgan fingerprint density at radius 2 is 2.17 bits per heavy atom. The number of nitrogens with zero attached hydrogens (tertiary/aromatic N) is 4. The van der Waals surface area contributed by atoms with Crippen LogP contribution in [0, 0.1) is 0 Å². The lowest BCUT2D eigenvalue weighted by Gasteiger charge is -2.07. The number of aromatic nitrogens is 4. The molecule has 0 aromatic carbocycles. The highest BCUT2D eigenvalue weighted by Gasteiger charge is 2.55. The van der Waals surface area contributed by atoms with Gasteiger partial charge < -0.3 is 4.74 Å². The van der Waals surface area contributed by atoms with Crippen molar-refractivity contribution >= 4 is 22.3 Å². The van der Waals surface area contributed by atoms with Gasteiger partial charge in [-0.05, 0) is 12.8 Å². The van der Waals surface area contributed by atoms with Gasteiger partial charge in [0.1, 0.15) is 10.4 Å². The molecular weight excluding hydrogens is 252 g/mol. The van der Waals surface area contributed by atoms with E-state index in [1.165, 1.54) is 18.4 Å². The Kier molecular flexibility index (Phi) is 2.41. The quantitative estimate of drug-likeness (QED) is 0.788. The molecule has 0 bridgehead atoms. The first-order valence-corrected chi connectivity index (χ1v) is 6.71. The zero-order valence-electron chi connectivity index (χ0n) is 10.5. The molecule has 6 nitrogen and oxygen atoms in total. The van der Waals surface area contributed by atoms with Crippen molar-refractivity contribution in [2.75, 3.05) is 7.11 Å². The highest BCUT2D eigenvalue weighted by atomic mass is 32.1. The number of ether oxygens (including phenoxy) is 1. The summed E-state index contributed by atoms with van der Waals surface area (Å²) in [4.78, 5) is 12.6. The van der Waals surface area contributed by atoms with Gasteiger partial charge in [0.25, 0.3) is 0 Å². The van der Waals surface area contributed by atoms with Crippen LogP contribution in [0.1, 0.15) is 43.4 Å². The summed E-state index contributed by atoms with van der Waals surface area (Å²) in [7, 11) is 1.42. The predicted octanol–water partition coefficient (Wildman–Crippen LogP) is 1.51. The minimum atomic E-state index is -0.519. The first-order valence-electron chi connectivity index (χ1n) is 5.89. The van der Waals surface area contributed by atoms with Crippen LogP contribution in [0.5, 0.6) is 0 Å². The zero-order chi connectivity index (χ0) is 12.9. The number of carbonyl (C=O) groups is 1. The summed E-state index contributed by atoms with van der Waals surface area (Å²) in [5.41, 5.74) is -0.519. The van der Waals surface area contributed by atoms with E-state index >= 15 is 0 Å². The largest absolute Gasteiger partial charge is 0.468 e. The van der Waals surface area contributed by atoms with E-state index in [4.69, 9.17) is 4.74 Å². The van der Waals surface area contributed by atoms with Crippen molar-refractivity contribution in [2.45, 2.75) is 38.0 Å². The van der Waals surface area contributed by atoms with Crippen molar-refractivity contribution in [3.05, 3.63) is 10.8 Å². The van der Waals surface area contributed by atoms with E-state index in [2.05, 4.69) is 15.3 Å². The zero-order valence-corrected chi connectivity index (χ0v) is 11.3. The van der Waals surface area contributed by atoms with Gasteiger partial charge >= 0.3 is 5.97 Å². The molecule has 7 heteroatoms. The number of hydrogen-bond acceptors (Lipinski definition) is 6. The van der Waals surface area contributed by atoms with Crippen LogP contribution in [-0.4, -0.2) is 32.9 Å². The lowest BCUT2D eigenvalue weighted by Crippen LogP contribution is -2.22. The van der Waals surface area contributed by atoms with E-state index in [9.17, 15) is 4.79 Å². The third-order valence-corrected chi connectivity index (χ3v) is 4.37. The van der Waals surface area contributed by atoms with Crippen LogP contribution in [0.3, 0.4) is 0 Å². The van der Waals surface area contributed by atoms with Crippen molar-refractivity contribution in [3.63, 3.8) is 0 Å². The molecule has 0 atom stereocenters. The van der Waals surface area contributed by atoms with E-state index in [1.807, 2.05) is 13.8 Å². The topological polar surface area (TPSA) is 69.4 Å². The molecule has 96 valence electrons. The lowest BCUT2D eigenvalue weighted by atomic mass is 10.1. The van der Waals surface area contributed by atoms with E-state index in [-0.39, 0.29) is 11.9 Å². The molecule has 1 fully saturated rings. The van der Waals surface area contributed by atoms with E-state index in [0.29, 0.717) is 0 Å². The summed E-state index contributed by atoms with van der Waals surface area (Å²) in [5.74, 6) is 0.884. The minimum Gasteiger partial charge on any atom is -0.468 e. The van der Waals surface area contributed by atoms with Crippen molar-refractivity contribution < 1.29 is 9.53 Å². The number of methoxy groups -OCH3 is 1. The average Bonchev–Trinajstić information content (AvgIpc) is 2.88. The molecule has 0 N–H and O–H groups in total. The maximum Gasteiger partial charge on any atom is 0.318 e. The summed E-state index contributed by atoms with van der Waals surface area (Å²) >= 11 is 1.43. The summed E-state index contributed by atoms with van der Waals surface area (Å²) in [6.07, 6.45) is 1.61. The number of hydrogen-bond donors (Lipinski definition) is 0. The summed E-state index contributed by atoms with van der Waals surface area (Å²) in [6.45, 7) is 4.09. The average molecular weight is 266 g/mol. The Labute approximate surface area is 108 Å². The molecule has 0 amide bonds. The SMILES string of the molecule is COC(=O)C1(c2nn3c(C(C)C)nnc3s2)CC1. The summed E-state index contributed by atoms with van der Waals surface area (Å²) < 4.78 is 6.61. The number of esters is 1. The lowest BCUT2D eigenvalue weighted by molar-refractivity contribution is -0.143. The summed E-state index contributed by atoms with van der Waals surface area (Å²) in [6, 6.07) is 0. The third kappa shape index (κ3) is 1.46. The van der Waals surface area contributed by atoms with Crippen molar-refractivity contribution in [2.24, 2.45) is 0 Å². The molecule has 1 saturated carbocycles. The molecule has 0 radical (unpaired) electrons. The molecule has 18 heavy (non-hydrogen) atoms. The van der Waals surface area contributed by atoms with Gasteiger partial charge in [0.15, 0.2) is 5.82 Å². The fourth-order valence-electron chi connectivity index (χ4n) is 2.01. The van der Waals surface area contributed by atoms with E-state index in [0.717, 1.165) is 28.6 Å². The van der Waals surface area contributed by atoms with Gasteiger partial charge in [0.2, 0.25) is 4.96 Å². The smallest absolute Gasteiger partial charge is 0.318 e. The van der Waals surface area contributed by atoms with Gasteiger partial charge in [-0.25, -0.2) is 0 Å². The second-order valence-electron chi connectivity index (χ2n) is 4.89. The van der Waals surface area contributed by atoms with Gasteiger partial charge in [0.05, 0.1) is 7.11 Å². The maximum atomic E-state index is 11.8. The van der Waals surface area contributed by atoms with Gasteiger partial charge in [-0.2, -0.15) is 9.61 Å². The highest BCUT2D eigenvalue weighted by molar-refractivity contribution is 7.17. The van der Waals surface area contributed by atoms with E-state index < -0.39 is 5.41 Å². The second kappa shape index (κ2) is 3.74. The molecule has 3 rings (SSSR count). The Bertz CT molecular complexity index is 612. The molecule has 0 saturated heterocycles. The molecule has 2 heterocycles. The Morgan fingerprint density at radius 1 is 1.44 bits per heavy atom. The van der Waals surface area contributed by atoms with Crippen molar-refractivity contribution in [3.8, 4) is 0 Å². The first-order chi connectivity index (χ1) is 8.58. The number of carbonyl (C=O) groups excluding carboxylic acids is 1. The number of fused-ring (bicyclic) bond motifs is 1. The molecule has 0 unspecified atom stereocenters. The fraction of sp³-hybridized carbons (Fsp3) is 0.636. The van der Waals surface area contributed by atoms with Gasteiger partial charge in [-0.15, -0.1) is 10.2 Å². The van der Waals surface area contributed by atoms with Crippen LogP contribution in [0.25, 0.3) is 4.96 Å². The molecule has 1 aliphatic carbocycles. The van der Waals surface area contributed by atoms with Crippen LogP contribution in [0.4, 0.5) is 0 Å². The Balaban J connectivity index is 2.07. The van der Waals surface area contributed by atoms with Crippen molar-refractivity contribution in [1.82, 2.24) is 19.8 Å². The second-order valence-corrected chi connectivity index (χ2v) is 5.84. The van der Waals surface area contributed by atoms with Crippen LogP contribution >= 0.6 is 11.3 Å². The minimum absolute atomic E-state index is 0.196. The molecule has 0 spiro atoms. The fourth-order valence-corrected chi connectivity index (χ4v) is 3.09. The van der Waals surface area contributed by atoms with E-state index in [1.54, 1.807) is 4.52 Å². The van der Waals surface area contributed by atoms with Crippen LogP contribution < -0.4 is 0 Å². The predicted molar refractivity (Wildman–Crippen MR) is 65.7 cm³/mol. The molecule has 0 aliphatic heterocycles. The molecule has 2 aromatic heterocycles. The van der Waals surface area contributed by atoms with Crippen LogP contribution in [-0.2, 0) is 14.9 Å². The van der Waals surface area contributed by atoms with Gasteiger partial charge in [-0.3, -0.25) is 4.79 Å². The first kappa shape index (κ1) is 11.6.